The molecule has 0 aromatic carbocycles. The number of hydrogen-bond donors (Lipinski definition) is 1. The lowest BCUT2D eigenvalue weighted by atomic mass is 9.75. The summed E-state index contributed by atoms with van der Waals surface area (Å²) in [5.74, 6) is 0.865. The Morgan fingerprint density at radius 3 is 2.45 bits per heavy atom. The molecule has 3 heteroatoms. The van der Waals surface area contributed by atoms with E-state index >= 15 is 0 Å². The van der Waals surface area contributed by atoms with Gasteiger partial charge < -0.3 is 5.32 Å². The van der Waals surface area contributed by atoms with Crippen molar-refractivity contribution < 1.29 is 0 Å². The van der Waals surface area contributed by atoms with E-state index in [4.69, 9.17) is 0 Å². The van der Waals surface area contributed by atoms with Gasteiger partial charge in [0.15, 0.2) is 0 Å². The molecule has 2 heterocycles. The molecule has 1 saturated heterocycles. The van der Waals surface area contributed by atoms with Crippen molar-refractivity contribution in [2.45, 2.75) is 46.7 Å². The number of hydrogen-bond acceptors (Lipinski definition) is 3. The van der Waals surface area contributed by atoms with E-state index in [2.05, 4.69) is 48.1 Å². The smallest absolute Gasteiger partial charge is 0.0544 e. The first-order chi connectivity index (χ1) is 9.49. The summed E-state index contributed by atoms with van der Waals surface area (Å²) >= 11 is 0. The first kappa shape index (κ1) is 15.5. The highest BCUT2D eigenvalue weighted by Gasteiger charge is 2.28. The minimum atomic E-state index is 0.457. The number of rotatable bonds is 4. The Balaban J connectivity index is 1.83. The number of pyridine rings is 1. The van der Waals surface area contributed by atoms with Crippen LogP contribution in [0.4, 0.5) is 0 Å². The molecule has 0 unspecified atom stereocenters. The summed E-state index contributed by atoms with van der Waals surface area (Å²) in [6.45, 7) is 11.4. The van der Waals surface area contributed by atoms with Crippen LogP contribution in [0, 0.1) is 11.3 Å². The topological polar surface area (TPSA) is 28.2 Å². The third-order valence-corrected chi connectivity index (χ3v) is 4.46. The van der Waals surface area contributed by atoms with Crippen molar-refractivity contribution in [3.8, 4) is 0 Å². The third kappa shape index (κ3) is 4.29. The number of likely N-dealkylation sites (tertiary alicyclic amines) is 1. The van der Waals surface area contributed by atoms with Gasteiger partial charge in [0.05, 0.1) is 5.69 Å². The molecule has 1 aliphatic rings. The summed E-state index contributed by atoms with van der Waals surface area (Å²) in [6.07, 6.45) is 4.64. The van der Waals surface area contributed by atoms with Gasteiger partial charge in [0.1, 0.15) is 0 Å². The van der Waals surface area contributed by atoms with Crippen LogP contribution < -0.4 is 5.32 Å². The second-order valence-electron chi connectivity index (χ2n) is 7.10. The quantitative estimate of drug-likeness (QED) is 0.915. The molecule has 1 fully saturated rings. The van der Waals surface area contributed by atoms with Crippen LogP contribution in [0.5, 0.6) is 0 Å². The van der Waals surface area contributed by atoms with E-state index in [1.54, 1.807) is 0 Å². The van der Waals surface area contributed by atoms with Crippen molar-refractivity contribution in [2.75, 3.05) is 20.1 Å². The summed E-state index contributed by atoms with van der Waals surface area (Å²) in [4.78, 5) is 7.12. The molecule has 0 radical (unpaired) electrons. The lowest BCUT2D eigenvalue weighted by Crippen LogP contribution is -2.37. The van der Waals surface area contributed by atoms with Gasteiger partial charge in [-0.2, -0.15) is 0 Å². The third-order valence-electron chi connectivity index (χ3n) is 4.46. The molecule has 3 nitrogen and oxygen atoms in total. The van der Waals surface area contributed by atoms with E-state index in [-0.39, 0.29) is 0 Å². The Hall–Kier alpha value is -0.930. The van der Waals surface area contributed by atoms with Crippen LogP contribution in [0.15, 0.2) is 18.3 Å². The van der Waals surface area contributed by atoms with Crippen LogP contribution in [0.3, 0.4) is 0 Å². The molecule has 20 heavy (non-hydrogen) atoms. The molecular formula is C17H29N3. The maximum atomic E-state index is 4.58. The summed E-state index contributed by atoms with van der Waals surface area (Å²) in [7, 11) is 1.97. The fourth-order valence-electron chi connectivity index (χ4n) is 3.04. The van der Waals surface area contributed by atoms with Crippen LogP contribution in [-0.2, 0) is 13.1 Å². The van der Waals surface area contributed by atoms with Gasteiger partial charge in [0.2, 0.25) is 0 Å². The van der Waals surface area contributed by atoms with Crippen molar-refractivity contribution in [1.29, 1.82) is 0 Å². The normalized spacial score (nSPS) is 18.4. The summed E-state index contributed by atoms with van der Waals surface area (Å²) < 4.78 is 0. The van der Waals surface area contributed by atoms with Crippen molar-refractivity contribution in [3.05, 3.63) is 29.6 Å². The molecule has 0 amide bonds. The van der Waals surface area contributed by atoms with Gasteiger partial charge >= 0.3 is 0 Å². The van der Waals surface area contributed by atoms with Crippen molar-refractivity contribution in [3.63, 3.8) is 0 Å². The van der Waals surface area contributed by atoms with Crippen LogP contribution in [-0.4, -0.2) is 30.0 Å². The van der Waals surface area contributed by atoms with E-state index in [1.165, 1.54) is 37.2 Å². The second-order valence-corrected chi connectivity index (χ2v) is 7.10. The molecule has 1 aromatic heterocycles. The molecule has 112 valence electrons. The number of nitrogens with one attached hydrogen (secondary N) is 1. The van der Waals surface area contributed by atoms with Gasteiger partial charge in [0, 0.05) is 19.3 Å². The molecular weight excluding hydrogens is 246 g/mol. The lowest BCUT2D eigenvalue weighted by Gasteiger charge is -2.38. The first-order valence-corrected chi connectivity index (χ1v) is 7.80. The highest BCUT2D eigenvalue weighted by molar-refractivity contribution is 5.14. The minimum Gasteiger partial charge on any atom is -0.316 e. The fourth-order valence-corrected chi connectivity index (χ4v) is 3.04. The van der Waals surface area contributed by atoms with Gasteiger partial charge in [-0.3, -0.25) is 9.88 Å². The molecule has 2 rings (SSSR count). The Labute approximate surface area is 123 Å². The van der Waals surface area contributed by atoms with E-state index < -0.39 is 0 Å². The average Bonchev–Trinajstić information content (AvgIpc) is 2.41. The highest BCUT2D eigenvalue weighted by atomic mass is 15.1. The predicted molar refractivity (Wildman–Crippen MR) is 84.5 cm³/mol. The monoisotopic (exact) mass is 275 g/mol. The average molecular weight is 275 g/mol. The molecule has 0 spiro atoms. The van der Waals surface area contributed by atoms with Crippen LogP contribution >= 0.6 is 0 Å². The zero-order chi connectivity index (χ0) is 14.6. The van der Waals surface area contributed by atoms with E-state index in [1.807, 2.05) is 13.2 Å². The van der Waals surface area contributed by atoms with Gasteiger partial charge in [-0.25, -0.2) is 0 Å². The van der Waals surface area contributed by atoms with Crippen molar-refractivity contribution >= 4 is 0 Å². The molecule has 0 bridgehead atoms. The number of nitrogens with zero attached hydrogens (tertiary/aromatic N) is 2. The Kier molecular flexibility index (Phi) is 5.17. The van der Waals surface area contributed by atoms with Gasteiger partial charge in [-0.05, 0) is 55.9 Å². The Morgan fingerprint density at radius 2 is 1.95 bits per heavy atom. The zero-order valence-electron chi connectivity index (χ0n) is 13.4. The maximum absolute atomic E-state index is 4.58. The zero-order valence-corrected chi connectivity index (χ0v) is 13.4. The largest absolute Gasteiger partial charge is 0.316 e. The second kappa shape index (κ2) is 6.68. The molecule has 0 atom stereocenters. The van der Waals surface area contributed by atoms with Crippen LogP contribution in [0.25, 0.3) is 0 Å². The van der Waals surface area contributed by atoms with E-state index in [0.29, 0.717) is 5.41 Å². The summed E-state index contributed by atoms with van der Waals surface area (Å²) in [6, 6.07) is 4.35. The maximum Gasteiger partial charge on any atom is 0.0544 e. The van der Waals surface area contributed by atoms with E-state index in [9.17, 15) is 0 Å². The van der Waals surface area contributed by atoms with Gasteiger partial charge in [0.25, 0.3) is 0 Å². The SMILES string of the molecule is CNCc1ccc(CN2CCC(C(C)(C)C)CC2)nc1. The summed E-state index contributed by atoms with van der Waals surface area (Å²) in [5.41, 5.74) is 2.90. The Morgan fingerprint density at radius 1 is 1.25 bits per heavy atom. The van der Waals surface area contributed by atoms with Crippen molar-refractivity contribution in [2.24, 2.45) is 11.3 Å². The lowest BCUT2D eigenvalue weighted by molar-refractivity contribution is 0.107. The van der Waals surface area contributed by atoms with Gasteiger partial charge in [-0.1, -0.05) is 26.8 Å². The fraction of sp³-hybridized carbons (Fsp3) is 0.706. The molecule has 1 aromatic rings. The number of piperidine rings is 1. The molecule has 1 N–H and O–H groups in total. The van der Waals surface area contributed by atoms with Gasteiger partial charge in [-0.15, -0.1) is 0 Å². The minimum absolute atomic E-state index is 0.457. The molecule has 0 aliphatic carbocycles. The Bertz CT molecular complexity index is 397. The highest BCUT2D eigenvalue weighted by Crippen LogP contribution is 2.34. The van der Waals surface area contributed by atoms with Crippen molar-refractivity contribution in [1.82, 2.24) is 15.2 Å². The molecule has 1 aliphatic heterocycles. The first-order valence-electron chi connectivity index (χ1n) is 7.80. The standard InChI is InChI=1S/C17H29N3/c1-17(2,3)15-7-9-20(10-8-15)13-16-6-5-14(11-18-4)12-19-16/h5-6,12,15,18H,7-11,13H2,1-4H3. The molecule has 0 saturated carbocycles. The summed E-state index contributed by atoms with van der Waals surface area (Å²) in [5, 5.41) is 3.15. The van der Waals surface area contributed by atoms with E-state index in [0.717, 1.165) is 19.0 Å². The van der Waals surface area contributed by atoms with Crippen LogP contribution in [0.2, 0.25) is 0 Å². The van der Waals surface area contributed by atoms with Crippen LogP contribution in [0.1, 0.15) is 44.9 Å². The number of aromatic nitrogens is 1. The predicted octanol–water partition coefficient (Wildman–Crippen LogP) is 3.06.